The average Bonchev–Trinajstić information content (AvgIpc) is 2.39. The van der Waals surface area contributed by atoms with Gasteiger partial charge in [-0.25, -0.2) is 0 Å². The van der Waals surface area contributed by atoms with Gasteiger partial charge in [0.05, 0.1) is 11.7 Å². The SMILES string of the molecule is CC(O)c1ccccc1[C@]1(O)CC[C@H](N(C)C)CC1. The van der Waals surface area contributed by atoms with Crippen LogP contribution in [0.2, 0.25) is 0 Å². The van der Waals surface area contributed by atoms with E-state index in [0.717, 1.165) is 36.8 Å². The maximum Gasteiger partial charge on any atom is 0.0901 e. The lowest BCUT2D eigenvalue weighted by Crippen LogP contribution is -2.39. The summed E-state index contributed by atoms with van der Waals surface area (Å²) < 4.78 is 0. The Balaban J connectivity index is 2.23. The molecule has 1 unspecified atom stereocenters. The Morgan fingerprint density at radius 2 is 1.79 bits per heavy atom. The van der Waals surface area contributed by atoms with Gasteiger partial charge in [0.2, 0.25) is 0 Å². The predicted octanol–water partition coefficient (Wildman–Crippen LogP) is 2.43. The minimum absolute atomic E-state index is 0.535. The second-order valence-electron chi connectivity index (χ2n) is 5.99. The smallest absolute Gasteiger partial charge is 0.0901 e. The van der Waals surface area contributed by atoms with Gasteiger partial charge in [-0.15, -0.1) is 0 Å². The summed E-state index contributed by atoms with van der Waals surface area (Å²) in [5.74, 6) is 0. The van der Waals surface area contributed by atoms with Crippen molar-refractivity contribution < 1.29 is 10.2 Å². The summed E-state index contributed by atoms with van der Waals surface area (Å²) in [6.45, 7) is 1.76. The number of aliphatic hydroxyl groups excluding tert-OH is 1. The molecule has 1 aliphatic carbocycles. The highest BCUT2D eigenvalue weighted by Gasteiger charge is 2.37. The Bertz CT molecular complexity index is 421. The Morgan fingerprint density at radius 3 is 2.32 bits per heavy atom. The highest BCUT2D eigenvalue weighted by atomic mass is 16.3. The van der Waals surface area contributed by atoms with Crippen molar-refractivity contribution in [1.82, 2.24) is 4.90 Å². The van der Waals surface area contributed by atoms with E-state index in [1.54, 1.807) is 6.92 Å². The minimum Gasteiger partial charge on any atom is -0.389 e. The van der Waals surface area contributed by atoms with Crippen LogP contribution in [0.5, 0.6) is 0 Å². The normalized spacial score (nSPS) is 29.5. The molecular formula is C16H25NO2. The molecule has 19 heavy (non-hydrogen) atoms. The molecular weight excluding hydrogens is 238 g/mol. The van der Waals surface area contributed by atoms with Crippen LogP contribution >= 0.6 is 0 Å². The summed E-state index contributed by atoms with van der Waals surface area (Å²) in [6.07, 6.45) is 2.99. The van der Waals surface area contributed by atoms with E-state index < -0.39 is 11.7 Å². The first-order valence-corrected chi connectivity index (χ1v) is 7.10. The molecule has 1 saturated carbocycles. The summed E-state index contributed by atoms with van der Waals surface area (Å²) in [4.78, 5) is 2.24. The zero-order chi connectivity index (χ0) is 14.0. The average molecular weight is 263 g/mol. The fourth-order valence-corrected chi connectivity index (χ4v) is 3.15. The molecule has 0 aliphatic heterocycles. The molecule has 1 fully saturated rings. The van der Waals surface area contributed by atoms with Crippen molar-refractivity contribution in [3.8, 4) is 0 Å². The number of hydrogen-bond donors (Lipinski definition) is 2. The minimum atomic E-state index is -0.778. The molecule has 2 rings (SSSR count). The summed E-state index contributed by atoms with van der Waals surface area (Å²) in [6, 6.07) is 8.28. The fraction of sp³-hybridized carbons (Fsp3) is 0.625. The van der Waals surface area contributed by atoms with E-state index in [2.05, 4.69) is 19.0 Å². The van der Waals surface area contributed by atoms with Gasteiger partial charge >= 0.3 is 0 Å². The number of aliphatic hydroxyl groups is 2. The van der Waals surface area contributed by atoms with Gasteiger partial charge in [0, 0.05) is 6.04 Å². The van der Waals surface area contributed by atoms with Crippen molar-refractivity contribution in [1.29, 1.82) is 0 Å². The first-order valence-electron chi connectivity index (χ1n) is 7.10. The summed E-state index contributed by atoms with van der Waals surface area (Å²) >= 11 is 0. The highest BCUT2D eigenvalue weighted by molar-refractivity contribution is 5.34. The summed E-state index contributed by atoms with van der Waals surface area (Å²) in [5, 5.41) is 20.8. The topological polar surface area (TPSA) is 43.7 Å². The lowest BCUT2D eigenvalue weighted by Gasteiger charge is -2.40. The largest absolute Gasteiger partial charge is 0.389 e. The van der Waals surface area contributed by atoms with Crippen molar-refractivity contribution in [2.45, 2.75) is 50.4 Å². The van der Waals surface area contributed by atoms with Gasteiger partial charge in [-0.2, -0.15) is 0 Å². The second kappa shape index (κ2) is 5.61. The molecule has 0 bridgehead atoms. The standard InChI is InChI=1S/C16H25NO2/c1-12(18)14-6-4-5-7-15(14)16(19)10-8-13(9-11-16)17(2)3/h4-7,12-13,18-19H,8-11H2,1-3H3/t12?,13-,16-. The number of hydrogen-bond acceptors (Lipinski definition) is 3. The van der Waals surface area contributed by atoms with Crippen LogP contribution in [0.4, 0.5) is 0 Å². The zero-order valence-electron chi connectivity index (χ0n) is 12.1. The van der Waals surface area contributed by atoms with E-state index in [1.165, 1.54) is 0 Å². The maximum absolute atomic E-state index is 10.9. The fourth-order valence-electron chi connectivity index (χ4n) is 3.15. The monoisotopic (exact) mass is 263 g/mol. The van der Waals surface area contributed by atoms with Gasteiger partial charge < -0.3 is 15.1 Å². The number of benzene rings is 1. The molecule has 1 aliphatic rings. The van der Waals surface area contributed by atoms with Crippen molar-refractivity contribution in [2.75, 3.05) is 14.1 Å². The van der Waals surface area contributed by atoms with E-state index in [4.69, 9.17) is 0 Å². The molecule has 1 aromatic carbocycles. The van der Waals surface area contributed by atoms with Gasteiger partial charge in [-0.3, -0.25) is 0 Å². The second-order valence-corrected chi connectivity index (χ2v) is 5.99. The first-order chi connectivity index (χ1) is 8.94. The third-order valence-corrected chi connectivity index (χ3v) is 4.42. The molecule has 0 spiro atoms. The van der Waals surface area contributed by atoms with Crippen LogP contribution in [0, 0.1) is 0 Å². The quantitative estimate of drug-likeness (QED) is 0.880. The van der Waals surface area contributed by atoms with Gasteiger partial charge in [0.25, 0.3) is 0 Å². The molecule has 106 valence electrons. The molecule has 3 nitrogen and oxygen atoms in total. The van der Waals surface area contributed by atoms with Gasteiger partial charge in [-0.1, -0.05) is 24.3 Å². The number of rotatable bonds is 3. The zero-order valence-corrected chi connectivity index (χ0v) is 12.1. The van der Waals surface area contributed by atoms with Crippen LogP contribution in [0.3, 0.4) is 0 Å². The third-order valence-electron chi connectivity index (χ3n) is 4.42. The Kier molecular flexibility index (Phi) is 4.29. The van der Waals surface area contributed by atoms with Crippen LogP contribution < -0.4 is 0 Å². The van der Waals surface area contributed by atoms with Crippen molar-refractivity contribution in [2.24, 2.45) is 0 Å². The van der Waals surface area contributed by atoms with E-state index in [-0.39, 0.29) is 0 Å². The van der Waals surface area contributed by atoms with Crippen LogP contribution in [-0.2, 0) is 5.60 Å². The summed E-state index contributed by atoms with van der Waals surface area (Å²) in [7, 11) is 4.19. The predicted molar refractivity (Wildman–Crippen MR) is 76.9 cm³/mol. The van der Waals surface area contributed by atoms with Crippen molar-refractivity contribution in [3.63, 3.8) is 0 Å². The van der Waals surface area contributed by atoms with E-state index in [9.17, 15) is 10.2 Å². The molecule has 0 saturated heterocycles. The molecule has 1 atom stereocenters. The Labute approximate surface area is 115 Å². The van der Waals surface area contributed by atoms with E-state index in [0.29, 0.717) is 6.04 Å². The molecule has 2 N–H and O–H groups in total. The first kappa shape index (κ1) is 14.5. The van der Waals surface area contributed by atoms with E-state index >= 15 is 0 Å². The number of nitrogens with zero attached hydrogens (tertiary/aromatic N) is 1. The molecule has 0 radical (unpaired) electrons. The lowest BCUT2D eigenvalue weighted by atomic mass is 9.75. The van der Waals surface area contributed by atoms with Crippen LogP contribution in [-0.4, -0.2) is 35.3 Å². The molecule has 0 amide bonds. The van der Waals surface area contributed by atoms with Gasteiger partial charge in [-0.05, 0) is 57.8 Å². The van der Waals surface area contributed by atoms with Crippen LogP contribution in [0.25, 0.3) is 0 Å². The van der Waals surface area contributed by atoms with Crippen molar-refractivity contribution >= 4 is 0 Å². The molecule has 0 aromatic heterocycles. The maximum atomic E-state index is 10.9. The Hall–Kier alpha value is -0.900. The third kappa shape index (κ3) is 2.99. The lowest BCUT2D eigenvalue weighted by molar-refractivity contribution is -0.0211. The molecule has 3 heteroatoms. The van der Waals surface area contributed by atoms with Gasteiger partial charge in [0.1, 0.15) is 0 Å². The van der Waals surface area contributed by atoms with Gasteiger partial charge in [0.15, 0.2) is 0 Å². The highest BCUT2D eigenvalue weighted by Crippen LogP contribution is 2.40. The van der Waals surface area contributed by atoms with E-state index in [1.807, 2.05) is 24.3 Å². The molecule has 0 heterocycles. The summed E-state index contributed by atoms with van der Waals surface area (Å²) in [5.41, 5.74) is 0.982. The molecule has 1 aromatic rings. The Morgan fingerprint density at radius 1 is 1.21 bits per heavy atom. The van der Waals surface area contributed by atoms with Crippen LogP contribution in [0.15, 0.2) is 24.3 Å². The van der Waals surface area contributed by atoms with Crippen molar-refractivity contribution in [3.05, 3.63) is 35.4 Å². The van der Waals surface area contributed by atoms with Crippen LogP contribution in [0.1, 0.15) is 49.8 Å².